The van der Waals surface area contributed by atoms with Gasteiger partial charge in [0.05, 0.1) is 5.56 Å². The molecule has 0 spiro atoms. The van der Waals surface area contributed by atoms with Crippen molar-refractivity contribution in [2.75, 3.05) is 5.32 Å². The highest BCUT2D eigenvalue weighted by atomic mass is 16.3. The summed E-state index contributed by atoms with van der Waals surface area (Å²) in [6.45, 7) is 5.92. The van der Waals surface area contributed by atoms with Crippen LogP contribution < -0.4 is 5.32 Å². The molecule has 0 fully saturated rings. The van der Waals surface area contributed by atoms with Crippen LogP contribution >= 0.6 is 0 Å². The lowest BCUT2D eigenvalue weighted by atomic mass is 10.1. The number of phenolic OH excluding ortho intramolecular Hbond substituents is 1. The van der Waals surface area contributed by atoms with E-state index >= 15 is 0 Å². The van der Waals surface area contributed by atoms with Gasteiger partial charge in [-0.1, -0.05) is 19.9 Å². The normalized spacial score (nSPS) is 10.7. The van der Waals surface area contributed by atoms with Gasteiger partial charge in [-0.05, 0) is 30.5 Å². The Hall–Kier alpha value is -2.30. The number of anilines is 1. The summed E-state index contributed by atoms with van der Waals surface area (Å²) in [6, 6.07) is 6.71. The molecule has 0 radical (unpaired) electrons. The van der Waals surface area contributed by atoms with Crippen molar-refractivity contribution in [2.45, 2.75) is 26.7 Å². The number of aryl methyl sites for hydroxylation is 1. The number of nitrogens with one attached hydrogen (secondary N) is 2. The first kappa shape index (κ1) is 13.1. The molecule has 0 saturated carbocycles. The molecule has 0 atom stereocenters. The lowest BCUT2D eigenvalue weighted by molar-refractivity contribution is 0.102. The van der Waals surface area contributed by atoms with E-state index in [4.69, 9.17) is 0 Å². The van der Waals surface area contributed by atoms with Gasteiger partial charge in [0.25, 0.3) is 5.91 Å². The third-order valence-electron chi connectivity index (χ3n) is 2.86. The van der Waals surface area contributed by atoms with Crippen LogP contribution in [0, 0.1) is 6.92 Å². The molecule has 0 saturated heterocycles. The lowest BCUT2D eigenvalue weighted by Crippen LogP contribution is -2.12. The van der Waals surface area contributed by atoms with Gasteiger partial charge in [-0.15, -0.1) is 0 Å². The number of carbonyl (C=O) groups excluding carboxylic acids is 1. The van der Waals surface area contributed by atoms with E-state index in [2.05, 4.69) is 15.5 Å². The van der Waals surface area contributed by atoms with Crippen LogP contribution in [0.15, 0.2) is 24.3 Å². The first-order valence-electron chi connectivity index (χ1n) is 6.13. The van der Waals surface area contributed by atoms with Crippen LogP contribution in [0.5, 0.6) is 5.75 Å². The molecule has 0 unspecified atom stereocenters. The molecular weight excluding hydrogens is 242 g/mol. The highest BCUT2D eigenvalue weighted by Crippen LogP contribution is 2.20. The lowest BCUT2D eigenvalue weighted by Gasteiger charge is -2.05. The summed E-state index contributed by atoms with van der Waals surface area (Å²) in [5, 5.41) is 19.3. The van der Waals surface area contributed by atoms with E-state index in [0.29, 0.717) is 11.7 Å². The fraction of sp³-hybridized carbons (Fsp3) is 0.286. The van der Waals surface area contributed by atoms with E-state index in [-0.39, 0.29) is 17.2 Å². The van der Waals surface area contributed by atoms with Crippen molar-refractivity contribution in [1.82, 2.24) is 10.2 Å². The molecule has 0 aliphatic heterocycles. The largest absolute Gasteiger partial charge is 0.507 e. The molecule has 100 valence electrons. The maximum Gasteiger partial charge on any atom is 0.260 e. The SMILES string of the molecule is Cc1ccc(C(=O)Nc2cc(C(C)C)[nH]n2)c(O)c1. The number of phenols is 1. The monoisotopic (exact) mass is 259 g/mol. The molecule has 19 heavy (non-hydrogen) atoms. The second kappa shape index (κ2) is 5.14. The first-order chi connectivity index (χ1) is 8.97. The minimum Gasteiger partial charge on any atom is -0.507 e. The van der Waals surface area contributed by atoms with Gasteiger partial charge in [0.2, 0.25) is 0 Å². The third kappa shape index (κ3) is 2.93. The van der Waals surface area contributed by atoms with Crippen molar-refractivity contribution in [1.29, 1.82) is 0 Å². The number of nitrogens with zero attached hydrogens (tertiary/aromatic N) is 1. The standard InChI is InChI=1S/C14H17N3O2/c1-8(2)11-7-13(17-16-11)15-14(19)10-5-4-9(3)6-12(10)18/h4-8,18H,1-3H3,(H2,15,16,17,19). The molecule has 1 aromatic heterocycles. The van der Waals surface area contributed by atoms with Crippen LogP contribution in [-0.2, 0) is 0 Å². The van der Waals surface area contributed by atoms with Crippen LogP contribution in [0.3, 0.4) is 0 Å². The number of hydrogen-bond donors (Lipinski definition) is 3. The number of aromatic nitrogens is 2. The third-order valence-corrected chi connectivity index (χ3v) is 2.86. The predicted octanol–water partition coefficient (Wildman–Crippen LogP) is 2.80. The summed E-state index contributed by atoms with van der Waals surface area (Å²) >= 11 is 0. The number of rotatable bonds is 3. The minimum absolute atomic E-state index is 0.0304. The van der Waals surface area contributed by atoms with E-state index in [9.17, 15) is 9.90 Å². The maximum atomic E-state index is 12.0. The van der Waals surface area contributed by atoms with E-state index in [1.807, 2.05) is 20.8 Å². The Morgan fingerprint density at radius 2 is 2.11 bits per heavy atom. The Kier molecular flexibility index (Phi) is 3.55. The summed E-state index contributed by atoms with van der Waals surface area (Å²) < 4.78 is 0. The second-order valence-electron chi connectivity index (χ2n) is 4.84. The van der Waals surface area contributed by atoms with Crippen LogP contribution in [0.1, 0.15) is 41.4 Å². The molecule has 1 amide bonds. The van der Waals surface area contributed by atoms with Gasteiger partial charge in [-0.25, -0.2) is 0 Å². The molecule has 2 aromatic rings. The van der Waals surface area contributed by atoms with Crippen LogP contribution in [0.4, 0.5) is 5.82 Å². The summed E-state index contributed by atoms with van der Waals surface area (Å²) in [6.07, 6.45) is 0. The van der Waals surface area contributed by atoms with Crippen LogP contribution in [0.25, 0.3) is 0 Å². The zero-order valence-corrected chi connectivity index (χ0v) is 11.2. The van der Waals surface area contributed by atoms with Crippen molar-refractivity contribution in [3.63, 3.8) is 0 Å². The average Bonchev–Trinajstić information content (AvgIpc) is 2.77. The van der Waals surface area contributed by atoms with Gasteiger partial charge in [0, 0.05) is 11.8 Å². The minimum atomic E-state index is -0.376. The molecule has 5 nitrogen and oxygen atoms in total. The number of benzene rings is 1. The number of aromatic hydroxyl groups is 1. The Morgan fingerprint density at radius 3 is 2.68 bits per heavy atom. The summed E-state index contributed by atoms with van der Waals surface area (Å²) in [4.78, 5) is 12.0. The van der Waals surface area contributed by atoms with Crippen molar-refractivity contribution in [3.05, 3.63) is 41.1 Å². The van der Waals surface area contributed by atoms with Crippen LogP contribution in [0.2, 0.25) is 0 Å². The Balaban J connectivity index is 2.16. The fourth-order valence-electron chi connectivity index (χ4n) is 1.71. The van der Waals surface area contributed by atoms with Gasteiger partial charge in [-0.2, -0.15) is 5.10 Å². The summed E-state index contributed by atoms with van der Waals surface area (Å²) in [5.41, 5.74) is 2.08. The predicted molar refractivity (Wildman–Crippen MR) is 73.5 cm³/mol. The molecule has 0 bridgehead atoms. The van der Waals surface area contributed by atoms with Crippen molar-refractivity contribution in [3.8, 4) is 5.75 Å². The van der Waals surface area contributed by atoms with Crippen LogP contribution in [-0.4, -0.2) is 21.2 Å². The highest BCUT2D eigenvalue weighted by Gasteiger charge is 2.13. The number of H-pyrrole nitrogens is 1. The molecule has 0 aliphatic rings. The fourth-order valence-corrected chi connectivity index (χ4v) is 1.71. The van der Waals surface area contributed by atoms with Gasteiger partial charge >= 0.3 is 0 Å². The van der Waals surface area contributed by atoms with Gasteiger partial charge in [-0.3, -0.25) is 9.89 Å². The molecule has 5 heteroatoms. The number of carbonyl (C=O) groups is 1. The van der Waals surface area contributed by atoms with Crippen molar-refractivity contribution in [2.24, 2.45) is 0 Å². The van der Waals surface area contributed by atoms with Gasteiger partial charge in [0.1, 0.15) is 5.75 Å². The Labute approximate surface area is 111 Å². The maximum absolute atomic E-state index is 12.0. The quantitative estimate of drug-likeness (QED) is 0.793. The Bertz CT molecular complexity index is 602. The van der Waals surface area contributed by atoms with E-state index in [1.165, 1.54) is 0 Å². The smallest absolute Gasteiger partial charge is 0.260 e. The average molecular weight is 259 g/mol. The summed E-state index contributed by atoms with van der Waals surface area (Å²) in [5.74, 6) is 0.357. The highest BCUT2D eigenvalue weighted by molar-refractivity contribution is 6.05. The molecule has 1 heterocycles. The molecule has 3 N–H and O–H groups in total. The van der Waals surface area contributed by atoms with E-state index in [0.717, 1.165) is 11.3 Å². The topological polar surface area (TPSA) is 78.0 Å². The van der Waals surface area contributed by atoms with Gasteiger partial charge in [0.15, 0.2) is 5.82 Å². The van der Waals surface area contributed by atoms with Crippen molar-refractivity contribution >= 4 is 11.7 Å². The van der Waals surface area contributed by atoms with E-state index in [1.54, 1.807) is 24.3 Å². The molecule has 1 aromatic carbocycles. The zero-order valence-electron chi connectivity index (χ0n) is 11.2. The van der Waals surface area contributed by atoms with E-state index < -0.39 is 0 Å². The second-order valence-corrected chi connectivity index (χ2v) is 4.84. The molecular formula is C14H17N3O2. The number of aromatic amines is 1. The zero-order chi connectivity index (χ0) is 14.0. The number of amides is 1. The molecule has 2 rings (SSSR count). The van der Waals surface area contributed by atoms with Crippen molar-refractivity contribution < 1.29 is 9.90 Å². The first-order valence-corrected chi connectivity index (χ1v) is 6.13. The molecule has 0 aliphatic carbocycles. The summed E-state index contributed by atoms with van der Waals surface area (Å²) in [7, 11) is 0. The van der Waals surface area contributed by atoms with Gasteiger partial charge < -0.3 is 10.4 Å². The Morgan fingerprint density at radius 1 is 1.37 bits per heavy atom. The number of hydrogen-bond acceptors (Lipinski definition) is 3.